The van der Waals surface area contributed by atoms with Gasteiger partial charge in [0.2, 0.25) is 12.2 Å². The number of benzene rings is 4. The molecule has 8 nitrogen and oxygen atoms in total. The first-order valence-electron chi connectivity index (χ1n) is 14.9. The number of carbonyl (C=O) groups excluding carboxylic acids is 1. The van der Waals surface area contributed by atoms with E-state index in [2.05, 4.69) is 0 Å². The van der Waals surface area contributed by atoms with Crippen molar-refractivity contribution >= 4 is 46.7 Å². The molecule has 246 valence electrons. The van der Waals surface area contributed by atoms with Crippen molar-refractivity contribution in [2.75, 3.05) is 0 Å². The quantitative estimate of drug-likeness (QED) is 0.0666. The first-order valence-corrected chi connectivity index (χ1v) is 16.1. The molecule has 5 atom stereocenters. The minimum Gasteiger partial charge on any atom is -0.459 e. The van der Waals surface area contributed by atoms with E-state index in [1.807, 2.05) is 121 Å². The van der Waals surface area contributed by atoms with E-state index >= 15 is 0 Å². The molecule has 1 saturated heterocycles. The van der Waals surface area contributed by atoms with E-state index in [-0.39, 0.29) is 26.4 Å². The number of nitrogens with one attached hydrogen (secondary N) is 1. The number of rotatable bonds is 13. The summed E-state index contributed by atoms with van der Waals surface area (Å²) in [6.45, 7) is 0.380. The minimum absolute atomic E-state index is 0.0100. The van der Waals surface area contributed by atoms with Crippen LogP contribution in [0.4, 0.5) is 0 Å². The molecule has 4 aromatic carbocycles. The lowest BCUT2D eigenvalue weighted by atomic mass is 9.97. The van der Waals surface area contributed by atoms with Gasteiger partial charge in [-0.1, -0.05) is 156 Å². The topological polar surface area (TPSA) is 96.3 Å². The van der Waals surface area contributed by atoms with Crippen LogP contribution in [0.2, 0.25) is 0 Å². The largest absolute Gasteiger partial charge is 0.459 e. The van der Waals surface area contributed by atoms with Gasteiger partial charge in [-0.2, -0.15) is 0 Å². The third-order valence-corrected chi connectivity index (χ3v) is 7.81. The average molecular weight is 699 g/mol. The Morgan fingerprint density at radius 1 is 0.596 bits per heavy atom. The predicted octanol–water partition coefficient (Wildman–Crippen LogP) is 7.57. The Labute approximate surface area is 288 Å². The van der Waals surface area contributed by atoms with Crippen LogP contribution in [0.3, 0.4) is 0 Å². The van der Waals surface area contributed by atoms with Gasteiger partial charge >= 0.3 is 5.97 Å². The number of halogens is 3. The van der Waals surface area contributed by atoms with E-state index < -0.39 is 46.4 Å². The molecule has 0 amide bonds. The van der Waals surface area contributed by atoms with Crippen LogP contribution in [-0.4, -0.2) is 46.4 Å². The Balaban J connectivity index is 1.50. The maximum atomic E-state index is 13.8. The Bertz CT molecular complexity index is 1540. The van der Waals surface area contributed by atoms with E-state index in [0.717, 1.165) is 22.3 Å². The average Bonchev–Trinajstić information content (AvgIpc) is 3.09. The van der Waals surface area contributed by atoms with Gasteiger partial charge in [0.1, 0.15) is 24.9 Å². The van der Waals surface area contributed by atoms with Gasteiger partial charge in [-0.3, -0.25) is 5.41 Å². The summed E-state index contributed by atoms with van der Waals surface area (Å²) in [7, 11) is 0. The van der Waals surface area contributed by atoms with Crippen molar-refractivity contribution in [1.29, 1.82) is 5.41 Å². The van der Waals surface area contributed by atoms with Crippen LogP contribution in [0.1, 0.15) is 22.3 Å². The third-order valence-electron chi connectivity index (χ3n) is 7.30. The van der Waals surface area contributed by atoms with E-state index in [1.54, 1.807) is 0 Å². The molecule has 0 aromatic heterocycles. The molecule has 0 bridgehead atoms. The first kappa shape index (κ1) is 34.9. The van der Waals surface area contributed by atoms with Crippen molar-refractivity contribution in [3.63, 3.8) is 0 Å². The molecule has 1 aliphatic heterocycles. The fourth-order valence-corrected chi connectivity index (χ4v) is 5.07. The molecule has 0 saturated carbocycles. The van der Waals surface area contributed by atoms with E-state index in [4.69, 9.17) is 68.6 Å². The van der Waals surface area contributed by atoms with Gasteiger partial charge in [0.05, 0.1) is 19.8 Å². The van der Waals surface area contributed by atoms with Gasteiger partial charge in [-0.15, -0.1) is 0 Å². The molecule has 0 radical (unpaired) electrons. The summed E-state index contributed by atoms with van der Waals surface area (Å²) in [5, 5.41) is 8.33. The fourth-order valence-electron chi connectivity index (χ4n) is 4.94. The van der Waals surface area contributed by atoms with Crippen molar-refractivity contribution < 1.29 is 33.2 Å². The Morgan fingerprint density at radius 2 is 0.979 bits per heavy atom. The molecule has 1 N–H and O–H groups in total. The SMILES string of the molecule is N=C(O[C@@H]1OC(C(=O)OCc2ccccc2)[C@@H](OCc2ccccc2)C(OCc2ccccc2)C1OCc1ccccc1)C(Cl)(Cl)Cl. The third kappa shape index (κ3) is 10.3. The normalized spacial score (nSPS) is 21.1. The molecule has 1 fully saturated rings. The Hall–Kier alpha value is -3.47. The van der Waals surface area contributed by atoms with Crippen LogP contribution in [0.5, 0.6) is 0 Å². The standard InChI is InChI=1S/C36H34Cl3NO7/c37-36(38,39)35(40)47-34-32(44-23-27-17-9-3-10-18-27)30(43-22-26-15-7-2-8-16-26)29(42-21-25-13-5-1-6-14-25)31(46-34)33(41)45-24-28-19-11-4-12-20-28/h1-20,29-32,34,40H,21-24H2/t29-,30?,31?,32?,34-/m0/s1. The lowest BCUT2D eigenvalue weighted by molar-refractivity contribution is -0.305. The van der Waals surface area contributed by atoms with E-state index in [1.165, 1.54) is 0 Å². The number of ether oxygens (including phenoxy) is 6. The number of hydrogen-bond donors (Lipinski definition) is 1. The fraction of sp³-hybridized carbons (Fsp3) is 0.278. The summed E-state index contributed by atoms with van der Waals surface area (Å²) in [6, 6.07) is 37.7. The number of carbonyl (C=O) groups is 1. The Morgan fingerprint density at radius 3 is 1.40 bits per heavy atom. The first-order chi connectivity index (χ1) is 22.8. The minimum atomic E-state index is -2.21. The summed E-state index contributed by atoms with van der Waals surface area (Å²) in [4.78, 5) is 13.8. The summed E-state index contributed by atoms with van der Waals surface area (Å²) >= 11 is 18.0. The molecule has 3 unspecified atom stereocenters. The highest BCUT2D eigenvalue weighted by Crippen LogP contribution is 2.35. The lowest BCUT2D eigenvalue weighted by Crippen LogP contribution is -2.63. The van der Waals surface area contributed by atoms with Crippen molar-refractivity contribution in [3.8, 4) is 0 Å². The zero-order valence-electron chi connectivity index (χ0n) is 25.3. The highest BCUT2D eigenvalue weighted by atomic mass is 35.6. The van der Waals surface area contributed by atoms with E-state index in [9.17, 15) is 4.79 Å². The second-order valence-electron chi connectivity index (χ2n) is 10.7. The second kappa shape index (κ2) is 17.1. The highest BCUT2D eigenvalue weighted by Gasteiger charge is 2.53. The monoisotopic (exact) mass is 697 g/mol. The smallest absolute Gasteiger partial charge is 0.338 e. The molecular weight excluding hydrogens is 665 g/mol. The van der Waals surface area contributed by atoms with Crippen molar-refractivity contribution in [3.05, 3.63) is 144 Å². The molecule has 4 aromatic rings. The van der Waals surface area contributed by atoms with Crippen LogP contribution in [0, 0.1) is 5.41 Å². The molecular formula is C36H34Cl3NO7. The van der Waals surface area contributed by atoms with E-state index in [0.29, 0.717) is 0 Å². The Kier molecular flexibility index (Phi) is 12.7. The lowest BCUT2D eigenvalue weighted by Gasteiger charge is -2.45. The van der Waals surface area contributed by atoms with Crippen LogP contribution in [0.15, 0.2) is 121 Å². The second-order valence-corrected chi connectivity index (χ2v) is 13.0. The zero-order chi connectivity index (χ0) is 33.1. The van der Waals surface area contributed by atoms with Crippen LogP contribution in [-0.2, 0) is 59.6 Å². The zero-order valence-corrected chi connectivity index (χ0v) is 27.5. The number of esters is 1. The van der Waals surface area contributed by atoms with Crippen molar-refractivity contribution in [1.82, 2.24) is 0 Å². The molecule has 5 rings (SSSR count). The van der Waals surface area contributed by atoms with Gasteiger partial charge in [-0.05, 0) is 22.3 Å². The van der Waals surface area contributed by atoms with Crippen molar-refractivity contribution in [2.45, 2.75) is 60.9 Å². The van der Waals surface area contributed by atoms with Crippen LogP contribution < -0.4 is 0 Å². The van der Waals surface area contributed by atoms with Crippen molar-refractivity contribution in [2.24, 2.45) is 0 Å². The maximum absolute atomic E-state index is 13.8. The summed E-state index contributed by atoms with van der Waals surface area (Å²) in [5.41, 5.74) is 3.38. The highest BCUT2D eigenvalue weighted by molar-refractivity contribution is 6.76. The summed E-state index contributed by atoms with van der Waals surface area (Å²) in [5.74, 6) is -1.45. The molecule has 1 aliphatic rings. The van der Waals surface area contributed by atoms with Gasteiger partial charge in [0.15, 0.2) is 6.10 Å². The van der Waals surface area contributed by atoms with Gasteiger partial charge in [0, 0.05) is 0 Å². The molecule has 1 heterocycles. The molecule has 0 aliphatic carbocycles. The van der Waals surface area contributed by atoms with Gasteiger partial charge in [0.25, 0.3) is 3.79 Å². The predicted molar refractivity (Wildman–Crippen MR) is 179 cm³/mol. The number of hydrogen-bond acceptors (Lipinski definition) is 8. The molecule has 11 heteroatoms. The molecule has 47 heavy (non-hydrogen) atoms. The maximum Gasteiger partial charge on any atom is 0.338 e. The van der Waals surface area contributed by atoms with Gasteiger partial charge in [-0.25, -0.2) is 4.79 Å². The molecule has 0 spiro atoms. The number of alkyl halides is 3. The van der Waals surface area contributed by atoms with Crippen LogP contribution >= 0.6 is 34.8 Å². The van der Waals surface area contributed by atoms with Gasteiger partial charge < -0.3 is 28.4 Å². The summed E-state index contributed by atoms with van der Waals surface area (Å²) in [6.07, 6.45) is -5.85. The van der Waals surface area contributed by atoms with Crippen LogP contribution in [0.25, 0.3) is 0 Å². The summed E-state index contributed by atoms with van der Waals surface area (Å²) < 4.78 is 34.9.